The minimum atomic E-state index is -0.845. The maximum absolute atomic E-state index is 10.5. The fourth-order valence-electron chi connectivity index (χ4n) is 0.393. The molecule has 0 amide bonds. The Morgan fingerprint density at radius 2 is 1.73 bits per heavy atom. The van der Waals surface area contributed by atoms with Gasteiger partial charge in [-0.1, -0.05) is 6.58 Å². The summed E-state index contributed by atoms with van der Waals surface area (Å²) in [7, 11) is 0. The molecule has 0 bridgehead atoms. The largest absolute Gasteiger partial charge is 0.394 e. The van der Waals surface area contributed by atoms with Crippen LogP contribution in [0, 0.1) is 0 Å². The molecule has 0 aliphatic carbocycles. The molecule has 0 aromatic rings. The summed E-state index contributed by atoms with van der Waals surface area (Å²) in [6, 6.07) is 0. The fourth-order valence-corrected chi connectivity index (χ4v) is 0.393. The predicted molar refractivity (Wildman–Crippen MR) is 50.8 cm³/mol. The van der Waals surface area contributed by atoms with Crippen LogP contribution in [0.3, 0.4) is 0 Å². The summed E-state index contributed by atoms with van der Waals surface area (Å²) in [5, 5.41) is 15.2. The van der Waals surface area contributed by atoms with Crippen LogP contribution >= 0.6 is 0 Å². The van der Waals surface area contributed by atoms with Crippen LogP contribution in [-0.2, 0) is 19.1 Å². The molecule has 86 valence electrons. The van der Waals surface area contributed by atoms with E-state index in [2.05, 4.69) is 11.3 Å². The zero-order chi connectivity index (χ0) is 12.3. The van der Waals surface area contributed by atoms with E-state index >= 15 is 0 Å². The Morgan fingerprint density at radius 3 is 2.00 bits per heavy atom. The van der Waals surface area contributed by atoms with Crippen LogP contribution < -0.4 is 0 Å². The second-order valence-corrected chi connectivity index (χ2v) is 2.32. The Balaban J connectivity index is 0. The van der Waals surface area contributed by atoms with Gasteiger partial charge in [-0.15, -0.1) is 0 Å². The summed E-state index contributed by atoms with van der Waals surface area (Å²) in [5.74, 6) is -2.02. The first kappa shape index (κ1) is 15.9. The van der Waals surface area contributed by atoms with E-state index in [0.717, 1.165) is 6.08 Å². The first-order valence-electron chi connectivity index (χ1n) is 4.06. The Morgan fingerprint density at radius 1 is 1.27 bits per heavy atom. The molecule has 0 rings (SSSR count). The third-order valence-corrected chi connectivity index (χ3v) is 0.874. The summed E-state index contributed by atoms with van der Waals surface area (Å²) in [5.41, 5.74) is 0. The summed E-state index contributed by atoms with van der Waals surface area (Å²) in [6.07, 6.45) is 0.484. The Hall–Kier alpha value is -1.53. The van der Waals surface area contributed by atoms with E-state index in [1.165, 1.54) is 6.92 Å². The van der Waals surface area contributed by atoms with Gasteiger partial charge in [0.15, 0.2) is 0 Å². The lowest BCUT2D eigenvalue weighted by Crippen LogP contribution is -2.12. The van der Waals surface area contributed by atoms with Crippen molar-refractivity contribution in [1.82, 2.24) is 0 Å². The minimum absolute atomic E-state index is 0.125. The van der Waals surface area contributed by atoms with Crippen LogP contribution in [0.2, 0.25) is 0 Å². The number of aliphatic hydroxyl groups excluding tert-OH is 2. The van der Waals surface area contributed by atoms with Gasteiger partial charge in [-0.3, -0.25) is 9.59 Å². The van der Waals surface area contributed by atoms with Crippen molar-refractivity contribution < 1.29 is 29.3 Å². The predicted octanol–water partition coefficient (Wildman–Crippen LogP) is -0.808. The van der Waals surface area contributed by atoms with Crippen LogP contribution in [0.4, 0.5) is 0 Å². The molecule has 15 heavy (non-hydrogen) atoms. The van der Waals surface area contributed by atoms with E-state index in [-0.39, 0.29) is 25.4 Å². The highest BCUT2D eigenvalue weighted by atomic mass is 16.6. The van der Waals surface area contributed by atoms with Crippen molar-refractivity contribution in [1.29, 1.82) is 0 Å². The van der Waals surface area contributed by atoms with E-state index in [1.807, 2.05) is 0 Å². The number of aliphatic hydroxyl groups is 2. The molecule has 6 heteroatoms. The van der Waals surface area contributed by atoms with Gasteiger partial charge in [-0.05, 0) is 6.92 Å². The standard InChI is InChI=1S/C7H8O4.C2H6O2/c1-3-6(9)11-7(10)4-5(2)8;3-1-2-4/h3H,1,4H2,2H3;3-4H,1-2H2. The molecule has 0 saturated carbocycles. The Labute approximate surface area is 87.2 Å². The highest BCUT2D eigenvalue weighted by molar-refractivity contribution is 6.00. The number of carbonyl (C=O) groups is 3. The molecule has 0 aliphatic rings. The van der Waals surface area contributed by atoms with Crippen molar-refractivity contribution in [3.63, 3.8) is 0 Å². The van der Waals surface area contributed by atoms with E-state index < -0.39 is 11.9 Å². The number of hydrogen-bond acceptors (Lipinski definition) is 6. The lowest BCUT2D eigenvalue weighted by molar-refractivity contribution is -0.156. The molecule has 0 atom stereocenters. The smallest absolute Gasteiger partial charge is 0.337 e. The summed E-state index contributed by atoms with van der Waals surface area (Å²) >= 11 is 0. The lowest BCUT2D eigenvalue weighted by atomic mass is 10.3. The van der Waals surface area contributed by atoms with Crippen LogP contribution in [0.1, 0.15) is 13.3 Å². The Bertz CT molecular complexity index is 231. The van der Waals surface area contributed by atoms with Crippen molar-refractivity contribution in [2.24, 2.45) is 0 Å². The summed E-state index contributed by atoms with van der Waals surface area (Å²) in [6.45, 7) is 4.07. The second-order valence-electron chi connectivity index (χ2n) is 2.32. The number of hydrogen-bond donors (Lipinski definition) is 2. The van der Waals surface area contributed by atoms with Crippen LogP contribution in [0.15, 0.2) is 12.7 Å². The quantitative estimate of drug-likeness (QED) is 0.363. The molecule has 2 N–H and O–H groups in total. The lowest BCUT2D eigenvalue weighted by Gasteiger charge is -1.95. The Kier molecular flexibility index (Phi) is 11.2. The van der Waals surface area contributed by atoms with Crippen LogP contribution in [0.25, 0.3) is 0 Å². The van der Waals surface area contributed by atoms with Crippen molar-refractivity contribution in [2.45, 2.75) is 13.3 Å². The fraction of sp³-hybridized carbons (Fsp3) is 0.444. The third-order valence-electron chi connectivity index (χ3n) is 0.874. The minimum Gasteiger partial charge on any atom is -0.394 e. The second kappa shape index (κ2) is 10.6. The van der Waals surface area contributed by atoms with Gasteiger partial charge in [0, 0.05) is 6.08 Å². The van der Waals surface area contributed by atoms with Gasteiger partial charge in [0.05, 0.1) is 13.2 Å². The van der Waals surface area contributed by atoms with Crippen LogP contribution in [-0.4, -0.2) is 41.1 Å². The first-order chi connectivity index (χ1) is 6.97. The van der Waals surface area contributed by atoms with Gasteiger partial charge in [-0.25, -0.2) is 4.79 Å². The number of Topliss-reactive ketones (excluding diaryl/α,β-unsaturated/α-hetero) is 1. The number of ketones is 1. The topological polar surface area (TPSA) is 101 Å². The average molecular weight is 218 g/mol. The number of rotatable bonds is 4. The molecule has 6 nitrogen and oxygen atoms in total. The molecular weight excluding hydrogens is 204 g/mol. The van der Waals surface area contributed by atoms with Crippen molar-refractivity contribution in [3.8, 4) is 0 Å². The molecule has 0 unspecified atom stereocenters. The van der Waals surface area contributed by atoms with E-state index in [1.54, 1.807) is 0 Å². The third kappa shape index (κ3) is 15.2. The number of carbonyl (C=O) groups excluding carboxylic acids is 3. The van der Waals surface area contributed by atoms with Gasteiger partial charge < -0.3 is 14.9 Å². The molecule has 0 radical (unpaired) electrons. The van der Waals surface area contributed by atoms with E-state index in [9.17, 15) is 14.4 Å². The van der Waals surface area contributed by atoms with Crippen molar-refractivity contribution in [3.05, 3.63) is 12.7 Å². The van der Waals surface area contributed by atoms with Gasteiger partial charge in [-0.2, -0.15) is 0 Å². The number of esters is 2. The normalized spacial score (nSPS) is 8.20. The monoisotopic (exact) mass is 218 g/mol. The highest BCUT2D eigenvalue weighted by Crippen LogP contribution is 1.88. The zero-order valence-corrected chi connectivity index (χ0v) is 8.43. The van der Waals surface area contributed by atoms with Crippen LogP contribution in [0.5, 0.6) is 0 Å². The SMILES string of the molecule is C=CC(=O)OC(=O)CC(C)=O.OCCO. The molecule has 0 aromatic carbocycles. The van der Waals surface area contributed by atoms with Gasteiger partial charge in [0.25, 0.3) is 0 Å². The molecule has 0 saturated heterocycles. The number of ether oxygens (including phenoxy) is 1. The zero-order valence-electron chi connectivity index (χ0n) is 8.43. The molecule has 0 aromatic heterocycles. The maximum atomic E-state index is 10.5. The van der Waals surface area contributed by atoms with Gasteiger partial charge >= 0.3 is 11.9 Å². The molecule has 0 aliphatic heterocycles. The van der Waals surface area contributed by atoms with E-state index in [0.29, 0.717) is 0 Å². The van der Waals surface area contributed by atoms with Gasteiger partial charge in [0.2, 0.25) is 0 Å². The average Bonchev–Trinajstić information content (AvgIpc) is 2.16. The van der Waals surface area contributed by atoms with Crippen molar-refractivity contribution in [2.75, 3.05) is 13.2 Å². The highest BCUT2D eigenvalue weighted by Gasteiger charge is 2.08. The van der Waals surface area contributed by atoms with Gasteiger partial charge in [0.1, 0.15) is 12.2 Å². The molecule has 0 spiro atoms. The molecular formula is C9H14O6. The molecule has 0 fully saturated rings. The molecule has 0 heterocycles. The maximum Gasteiger partial charge on any atom is 0.337 e. The first-order valence-corrected chi connectivity index (χ1v) is 4.06. The van der Waals surface area contributed by atoms with E-state index in [4.69, 9.17) is 10.2 Å². The summed E-state index contributed by atoms with van der Waals surface area (Å²) in [4.78, 5) is 31.1. The van der Waals surface area contributed by atoms with Crippen molar-refractivity contribution >= 4 is 17.7 Å². The summed E-state index contributed by atoms with van der Waals surface area (Å²) < 4.78 is 4.09.